The number of methoxy groups -OCH3 is 2. The summed E-state index contributed by atoms with van der Waals surface area (Å²) in [5.74, 6) is 1.82. The molecule has 1 aliphatic heterocycles. The lowest BCUT2D eigenvalue weighted by Crippen LogP contribution is -2.13. The molecule has 8 heteroatoms. The van der Waals surface area contributed by atoms with Gasteiger partial charge in [0.15, 0.2) is 11.5 Å². The Hall–Kier alpha value is -2.87. The van der Waals surface area contributed by atoms with Gasteiger partial charge >= 0.3 is 5.97 Å². The number of ether oxygens (including phenoxy) is 4. The number of fused-ring (bicyclic) bond motifs is 1. The van der Waals surface area contributed by atoms with E-state index in [1.165, 1.54) is 7.11 Å². The zero-order valence-corrected chi connectivity index (χ0v) is 18.1. The van der Waals surface area contributed by atoms with Crippen LogP contribution in [-0.2, 0) is 16.1 Å². The van der Waals surface area contributed by atoms with Crippen molar-refractivity contribution in [1.29, 1.82) is 0 Å². The zero-order chi connectivity index (χ0) is 21.5. The van der Waals surface area contributed by atoms with Crippen molar-refractivity contribution in [2.75, 3.05) is 39.4 Å². The first-order chi connectivity index (χ1) is 14.6. The van der Waals surface area contributed by atoms with E-state index >= 15 is 0 Å². The summed E-state index contributed by atoms with van der Waals surface area (Å²) in [6, 6.07) is 9.26. The highest BCUT2D eigenvalue weighted by Crippen LogP contribution is 2.46. The molecule has 1 heterocycles. The number of esters is 1. The third-order valence-electron chi connectivity index (χ3n) is 4.74. The van der Waals surface area contributed by atoms with Crippen LogP contribution in [0, 0.1) is 0 Å². The Morgan fingerprint density at radius 3 is 2.57 bits per heavy atom. The lowest BCUT2D eigenvalue weighted by Gasteiger charge is -2.19. The van der Waals surface area contributed by atoms with Gasteiger partial charge in [-0.25, -0.2) is 0 Å². The van der Waals surface area contributed by atoms with Crippen molar-refractivity contribution in [1.82, 2.24) is 5.32 Å². The van der Waals surface area contributed by atoms with Gasteiger partial charge in [0.1, 0.15) is 13.2 Å². The summed E-state index contributed by atoms with van der Waals surface area (Å²) in [6.45, 7) is 0.735. The van der Waals surface area contributed by atoms with Gasteiger partial charge in [-0.15, -0.1) is 0 Å². The van der Waals surface area contributed by atoms with Crippen LogP contribution >= 0.6 is 11.8 Å². The Labute approximate surface area is 180 Å². The van der Waals surface area contributed by atoms with Gasteiger partial charge in [-0.3, -0.25) is 9.59 Å². The zero-order valence-electron chi connectivity index (χ0n) is 17.3. The number of amides is 1. The van der Waals surface area contributed by atoms with E-state index in [2.05, 4.69) is 5.32 Å². The standard InChI is InChI=1S/C22H25NO6S/c1-26-18-8-7-15(14-5-4-6-16-17(14)13-23-22(16)25)20(21(18)27-2)29-11-10-28-19(24)9-12-30-3/h4-8H,9-13H2,1-3H3,(H,23,25). The maximum atomic E-state index is 12.1. The van der Waals surface area contributed by atoms with Gasteiger partial charge in [0.2, 0.25) is 5.75 Å². The molecule has 2 aromatic rings. The number of carbonyl (C=O) groups is 2. The minimum absolute atomic E-state index is 0.0908. The van der Waals surface area contributed by atoms with E-state index in [4.69, 9.17) is 18.9 Å². The van der Waals surface area contributed by atoms with Crippen molar-refractivity contribution in [2.45, 2.75) is 13.0 Å². The molecule has 0 saturated carbocycles. The van der Waals surface area contributed by atoms with Gasteiger partial charge in [-0.2, -0.15) is 11.8 Å². The number of carbonyl (C=O) groups excluding carboxylic acids is 2. The molecule has 1 aliphatic rings. The number of rotatable bonds is 10. The molecule has 0 aromatic heterocycles. The molecule has 0 aliphatic carbocycles. The lowest BCUT2D eigenvalue weighted by molar-refractivity contribution is -0.143. The molecular formula is C22H25NO6S. The molecule has 2 aromatic carbocycles. The van der Waals surface area contributed by atoms with Crippen molar-refractivity contribution in [3.8, 4) is 28.4 Å². The second-order valence-corrected chi connectivity index (χ2v) is 7.49. The van der Waals surface area contributed by atoms with E-state index < -0.39 is 0 Å². The normalized spacial score (nSPS) is 12.2. The summed E-state index contributed by atoms with van der Waals surface area (Å²) < 4.78 is 22.2. The Balaban J connectivity index is 1.88. The number of hydrogen-bond acceptors (Lipinski definition) is 7. The monoisotopic (exact) mass is 431 g/mol. The van der Waals surface area contributed by atoms with Crippen LogP contribution in [0.15, 0.2) is 30.3 Å². The van der Waals surface area contributed by atoms with Gasteiger partial charge in [0.05, 0.1) is 20.6 Å². The highest BCUT2D eigenvalue weighted by molar-refractivity contribution is 7.98. The van der Waals surface area contributed by atoms with Crippen LogP contribution in [0.5, 0.6) is 17.2 Å². The molecule has 3 rings (SSSR count). The topological polar surface area (TPSA) is 83.1 Å². The molecular weight excluding hydrogens is 406 g/mol. The molecule has 160 valence electrons. The quantitative estimate of drug-likeness (QED) is 0.457. The maximum absolute atomic E-state index is 12.1. The second kappa shape index (κ2) is 10.2. The predicted molar refractivity (Wildman–Crippen MR) is 116 cm³/mol. The molecule has 0 bridgehead atoms. The number of thioether (sulfide) groups is 1. The Bertz CT molecular complexity index is 930. The van der Waals surface area contributed by atoms with Crippen LogP contribution in [-0.4, -0.2) is 51.3 Å². The minimum Gasteiger partial charge on any atom is -0.493 e. The van der Waals surface area contributed by atoms with Crippen molar-refractivity contribution in [3.63, 3.8) is 0 Å². The molecule has 30 heavy (non-hydrogen) atoms. The first kappa shape index (κ1) is 21.8. The summed E-state index contributed by atoms with van der Waals surface area (Å²) >= 11 is 1.59. The van der Waals surface area contributed by atoms with E-state index in [-0.39, 0.29) is 25.1 Å². The fourth-order valence-electron chi connectivity index (χ4n) is 3.32. The highest BCUT2D eigenvalue weighted by Gasteiger charge is 2.25. The van der Waals surface area contributed by atoms with Crippen LogP contribution in [0.2, 0.25) is 0 Å². The number of hydrogen-bond donors (Lipinski definition) is 1. The van der Waals surface area contributed by atoms with Crippen LogP contribution < -0.4 is 19.5 Å². The van der Waals surface area contributed by atoms with Gasteiger partial charge < -0.3 is 24.3 Å². The smallest absolute Gasteiger partial charge is 0.306 e. The van der Waals surface area contributed by atoms with Crippen molar-refractivity contribution in [2.24, 2.45) is 0 Å². The molecule has 0 saturated heterocycles. The summed E-state index contributed by atoms with van der Waals surface area (Å²) in [5, 5.41) is 2.85. The maximum Gasteiger partial charge on any atom is 0.306 e. The van der Waals surface area contributed by atoms with Crippen molar-refractivity contribution in [3.05, 3.63) is 41.5 Å². The fraction of sp³-hybridized carbons (Fsp3) is 0.364. The van der Waals surface area contributed by atoms with Crippen LogP contribution in [0.4, 0.5) is 0 Å². The fourth-order valence-corrected chi connectivity index (χ4v) is 3.69. The predicted octanol–water partition coefficient (Wildman–Crippen LogP) is 3.29. The van der Waals surface area contributed by atoms with Gasteiger partial charge in [-0.05, 0) is 35.6 Å². The molecule has 1 amide bonds. The van der Waals surface area contributed by atoms with Gasteiger partial charge in [-0.1, -0.05) is 12.1 Å². The van der Waals surface area contributed by atoms with E-state index in [1.807, 2.05) is 24.5 Å². The number of nitrogens with one attached hydrogen (secondary N) is 1. The van der Waals surface area contributed by atoms with E-state index in [9.17, 15) is 9.59 Å². The van der Waals surface area contributed by atoms with Gasteiger partial charge in [0, 0.05) is 23.4 Å². The van der Waals surface area contributed by atoms with Crippen LogP contribution in [0.25, 0.3) is 11.1 Å². The highest BCUT2D eigenvalue weighted by atomic mass is 32.2. The molecule has 1 N–H and O–H groups in total. The molecule has 0 fully saturated rings. The third-order valence-corrected chi connectivity index (χ3v) is 5.35. The Morgan fingerprint density at radius 1 is 1.03 bits per heavy atom. The van der Waals surface area contributed by atoms with E-state index in [0.29, 0.717) is 35.8 Å². The number of benzene rings is 2. The average Bonchev–Trinajstić information content (AvgIpc) is 3.15. The molecule has 0 spiro atoms. The minimum atomic E-state index is -0.253. The molecule has 0 atom stereocenters. The van der Waals surface area contributed by atoms with Crippen molar-refractivity contribution < 1.29 is 28.5 Å². The molecule has 0 unspecified atom stereocenters. The summed E-state index contributed by atoms with van der Waals surface area (Å²) in [6.07, 6.45) is 2.31. The summed E-state index contributed by atoms with van der Waals surface area (Å²) in [4.78, 5) is 23.8. The van der Waals surface area contributed by atoms with E-state index in [0.717, 1.165) is 22.4 Å². The SMILES string of the molecule is COc1ccc(-c2cccc3c2CNC3=O)c(OCCOC(=O)CCSC)c1OC. The molecule has 0 radical (unpaired) electrons. The lowest BCUT2D eigenvalue weighted by atomic mass is 9.95. The first-order valence-corrected chi connectivity index (χ1v) is 10.9. The molecule has 7 nitrogen and oxygen atoms in total. The third kappa shape index (κ3) is 4.64. The Morgan fingerprint density at radius 2 is 1.83 bits per heavy atom. The summed E-state index contributed by atoms with van der Waals surface area (Å²) in [5.41, 5.74) is 3.20. The summed E-state index contributed by atoms with van der Waals surface area (Å²) in [7, 11) is 3.09. The second-order valence-electron chi connectivity index (χ2n) is 6.50. The van der Waals surface area contributed by atoms with Crippen LogP contribution in [0.3, 0.4) is 0 Å². The first-order valence-electron chi connectivity index (χ1n) is 9.53. The Kier molecular flexibility index (Phi) is 7.46. The van der Waals surface area contributed by atoms with Crippen LogP contribution in [0.1, 0.15) is 22.3 Å². The van der Waals surface area contributed by atoms with E-state index in [1.54, 1.807) is 31.0 Å². The van der Waals surface area contributed by atoms with Gasteiger partial charge in [0.25, 0.3) is 5.91 Å². The largest absolute Gasteiger partial charge is 0.493 e. The van der Waals surface area contributed by atoms with Crippen molar-refractivity contribution >= 4 is 23.6 Å². The average molecular weight is 432 g/mol.